The van der Waals surface area contributed by atoms with Crippen LogP contribution in [0, 0.1) is 6.92 Å². The van der Waals surface area contributed by atoms with Gasteiger partial charge in [-0.3, -0.25) is 4.68 Å². The Morgan fingerprint density at radius 3 is 2.86 bits per heavy atom. The van der Waals surface area contributed by atoms with Crippen molar-refractivity contribution in [1.29, 1.82) is 0 Å². The minimum Gasteiger partial charge on any atom is -0.379 e. The first-order valence-corrected chi connectivity index (χ1v) is 4.78. The molecular formula is C7H9N5OS. The van der Waals surface area contributed by atoms with Crippen LogP contribution in [0.5, 0.6) is 0 Å². The lowest BCUT2D eigenvalue weighted by Crippen LogP contribution is -2.07. The summed E-state index contributed by atoms with van der Waals surface area (Å²) < 4.78 is 5.29. The maximum Gasteiger partial charge on any atom is 0.161 e. The molecule has 0 spiro atoms. The first-order valence-electron chi connectivity index (χ1n) is 4.01. The molecule has 0 aliphatic carbocycles. The molecule has 2 aromatic heterocycles. The van der Waals surface area contributed by atoms with Gasteiger partial charge in [-0.25, -0.2) is 4.98 Å². The minimum atomic E-state index is -0.789. The Balaban J connectivity index is 2.38. The maximum absolute atomic E-state index is 9.94. The molecule has 1 atom stereocenters. The molecular weight excluding hydrogens is 202 g/mol. The molecule has 0 fully saturated rings. The van der Waals surface area contributed by atoms with Crippen molar-refractivity contribution in [2.45, 2.75) is 13.0 Å². The van der Waals surface area contributed by atoms with Gasteiger partial charge in [-0.2, -0.15) is 5.10 Å². The second-order valence-corrected chi connectivity index (χ2v) is 3.65. The molecule has 0 bridgehead atoms. The first-order chi connectivity index (χ1) is 6.70. The molecule has 0 aliphatic rings. The fourth-order valence-electron chi connectivity index (χ4n) is 1.16. The van der Waals surface area contributed by atoms with Gasteiger partial charge in [0, 0.05) is 7.05 Å². The van der Waals surface area contributed by atoms with Crippen LogP contribution in [0.25, 0.3) is 0 Å². The Morgan fingerprint density at radius 2 is 2.36 bits per heavy atom. The maximum atomic E-state index is 9.94. The van der Waals surface area contributed by atoms with Crippen molar-refractivity contribution in [3.8, 4) is 0 Å². The second kappa shape index (κ2) is 3.43. The summed E-state index contributed by atoms with van der Waals surface area (Å²) in [6.07, 6.45) is 0.616. The molecule has 1 unspecified atom stereocenters. The van der Waals surface area contributed by atoms with E-state index in [1.54, 1.807) is 14.0 Å². The monoisotopic (exact) mass is 211 g/mol. The number of aliphatic hydroxyl groups excluding tert-OH is 1. The molecule has 2 aromatic rings. The normalized spacial score (nSPS) is 13.1. The van der Waals surface area contributed by atoms with Crippen molar-refractivity contribution in [2.75, 3.05) is 0 Å². The van der Waals surface area contributed by atoms with Gasteiger partial charge in [-0.15, -0.1) is 5.10 Å². The van der Waals surface area contributed by atoms with Crippen LogP contribution in [0.2, 0.25) is 0 Å². The first kappa shape index (κ1) is 9.22. The third kappa shape index (κ3) is 1.40. The number of rotatable bonds is 2. The number of hydrogen-bond donors (Lipinski definition) is 1. The molecule has 0 amide bonds. The molecule has 0 aromatic carbocycles. The number of aliphatic hydroxyl groups is 1. The molecule has 6 nitrogen and oxygen atoms in total. The van der Waals surface area contributed by atoms with Crippen LogP contribution >= 0.6 is 11.5 Å². The van der Waals surface area contributed by atoms with Crippen LogP contribution in [0.3, 0.4) is 0 Å². The van der Waals surface area contributed by atoms with Gasteiger partial charge < -0.3 is 5.11 Å². The lowest BCUT2D eigenvalue weighted by atomic mass is 10.2. The molecule has 0 saturated heterocycles. The predicted octanol–water partition coefficient (Wildman–Crippen LogP) is 0.0567. The van der Waals surface area contributed by atoms with Gasteiger partial charge in [-0.1, -0.05) is 4.49 Å². The van der Waals surface area contributed by atoms with E-state index in [0.717, 1.165) is 5.69 Å². The SMILES string of the molecule is Cc1nnsc1C(O)c1ncnn1C. The Morgan fingerprint density at radius 1 is 1.57 bits per heavy atom. The zero-order chi connectivity index (χ0) is 10.1. The van der Waals surface area contributed by atoms with Crippen molar-refractivity contribution in [2.24, 2.45) is 7.05 Å². The summed E-state index contributed by atoms with van der Waals surface area (Å²) in [4.78, 5) is 4.68. The van der Waals surface area contributed by atoms with Gasteiger partial charge in [0.1, 0.15) is 6.33 Å². The number of aromatic nitrogens is 5. The zero-order valence-electron chi connectivity index (χ0n) is 7.75. The Kier molecular flexibility index (Phi) is 2.26. The predicted molar refractivity (Wildman–Crippen MR) is 49.7 cm³/mol. The zero-order valence-corrected chi connectivity index (χ0v) is 8.56. The molecule has 0 saturated carbocycles. The lowest BCUT2D eigenvalue weighted by Gasteiger charge is -2.06. The molecule has 74 valence electrons. The highest BCUT2D eigenvalue weighted by molar-refractivity contribution is 7.05. The smallest absolute Gasteiger partial charge is 0.161 e. The number of aryl methyl sites for hydroxylation is 2. The molecule has 1 N–H and O–H groups in total. The standard InChI is InChI=1S/C7H9N5OS/c1-4-6(14-11-10-4)5(13)7-8-3-9-12(7)2/h3,5,13H,1-2H3. The number of nitrogens with zero attached hydrogens (tertiary/aromatic N) is 5. The van der Waals surface area contributed by atoms with Gasteiger partial charge in [0.2, 0.25) is 0 Å². The minimum absolute atomic E-state index is 0.499. The van der Waals surface area contributed by atoms with E-state index in [2.05, 4.69) is 19.7 Å². The summed E-state index contributed by atoms with van der Waals surface area (Å²) >= 11 is 1.17. The van der Waals surface area contributed by atoms with Crippen LogP contribution in [0.15, 0.2) is 6.33 Å². The van der Waals surface area contributed by atoms with E-state index in [0.29, 0.717) is 10.7 Å². The summed E-state index contributed by atoms with van der Waals surface area (Å²) in [6, 6.07) is 0. The van der Waals surface area contributed by atoms with E-state index in [1.807, 2.05) is 0 Å². The van der Waals surface area contributed by atoms with Crippen molar-refractivity contribution < 1.29 is 5.11 Å². The van der Waals surface area contributed by atoms with Gasteiger partial charge >= 0.3 is 0 Å². The van der Waals surface area contributed by atoms with E-state index in [4.69, 9.17) is 0 Å². The summed E-state index contributed by atoms with van der Waals surface area (Å²) in [5, 5.41) is 17.7. The highest BCUT2D eigenvalue weighted by Crippen LogP contribution is 2.24. The Labute approximate surface area is 84.4 Å². The van der Waals surface area contributed by atoms with Crippen molar-refractivity contribution in [3.63, 3.8) is 0 Å². The van der Waals surface area contributed by atoms with E-state index in [1.165, 1.54) is 22.5 Å². The van der Waals surface area contributed by atoms with Gasteiger partial charge in [0.05, 0.1) is 10.6 Å². The van der Waals surface area contributed by atoms with Crippen LogP contribution in [0.4, 0.5) is 0 Å². The van der Waals surface area contributed by atoms with Crippen LogP contribution in [0.1, 0.15) is 22.5 Å². The van der Waals surface area contributed by atoms with Gasteiger partial charge in [-0.05, 0) is 18.5 Å². The van der Waals surface area contributed by atoms with E-state index in [9.17, 15) is 5.11 Å². The van der Waals surface area contributed by atoms with Crippen molar-refractivity contribution >= 4 is 11.5 Å². The number of hydrogen-bond acceptors (Lipinski definition) is 6. The summed E-state index contributed by atoms with van der Waals surface area (Å²) in [6.45, 7) is 1.80. The van der Waals surface area contributed by atoms with Gasteiger partial charge in [0.25, 0.3) is 0 Å². The van der Waals surface area contributed by atoms with Gasteiger partial charge in [0.15, 0.2) is 11.9 Å². The lowest BCUT2D eigenvalue weighted by molar-refractivity contribution is 0.207. The fraction of sp³-hybridized carbons (Fsp3) is 0.429. The van der Waals surface area contributed by atoms with Crippen molar-refractivity contribution in [1.82, 2.24) is 24.4 Å². The summed E-state index contributed by atoms with van der Waals surface area (Å²) in [7, 11) is 1.73. The molecule has 2 heterocycles. The average molecular weight is 211 g/mol. The molecule has 7 heteroatoms. The fourth-order valence-corrected chi connectivity index (χ4v) is 1.79. The van der Waals surface area contributed by atoms with E-state index >= 15 is 0 Å². The van der Waals surface area contributed by atoms with E-state index < -0.39 is 6.10 Å². The van der Waals surface area contributed by atoms with Crippen LogP contribution < -0.4 is 0 Å². The Bertz CT molecular complexity index is 396. The highest BCUT2D eigenvalue weighted by atomic mass is 32.1. The third-order valence-corrected chi connectivity index (χ3v) is 2.80. The second-order valence-electron chi connectivity index (χ2n) is 2.87. The Hall–Kier alpha value is -1.34. The molecule has 0 radical (unpaired) electrons. The summed E-state index contributed by atoms with van der Waals surface area (Å²) in [5.74, 6) is 0.499. The molecule has 14 heavy (non-hydrogen) atoms. The average Bonchev–Trinajstić information content (AvgIpc) is 2.73. The van der Waals surface area contributed by atoms with Crippen molar-refractivity contribution in [3.05, 3.63) is 22.7 Å². The highest BCUT2D eigenvalue weighted by Gasteiger charge is 2.20. The largest absolute Gasteiger partial charge is 0.379 e. The van der Waals surface area contributed by atoms with E-state index in [-0.39, 0.29) is 0 Å². The third-order valence-electron chi connectivity index (χ3n) is 1.93. The molecule has 0 aliphatic heterocycles. The van der Waals surface area contributed by atoms with Crippen LogP contribution in [-0.4, -0.2) is 29.5 Å². The summed E-state index contributed by atoms with van der Waals surface area (Å²) in [5.41, 5.74) is 0.727. The topological polar surface area (TPSA) is 76.7 Å². The van der Waals surface area contributed by atoms with Crippen LogP contribution in [-0.2, 0) is 7.05 Å². The molecule has 2 rings (SSSR count). The quantitative estimate of drug-likeness (QED) is 0.760.